The molecule has 3 rings (SSSR count). The minimum absolute atomic E-state index is 0.217. The predicted octanol–water partition coefficient (Wildman–Crippen LogP) is 5.11. The van der Waals surface area contributed by atoms with Gasteiger partial charge in [0.1, 0.15) is 0 Å². The van der Waals surface area contributed by atoms with Gasteiger partial charge in [0.05, 0.1) is 10.6 Å². The molecular weight excluding hydrogens is 401 g/mol. The molecule has 1 aliphatic heterocycles. The number of likely N-dealkylation sites (tertiary alicyclic amines) is 1. The van der Waals surface area contributed by atoms with E-state index in [1.54, 1.807) is 12.1 Å². The lowest BCUT2D eigenvalue weighted by Crippen LogP contribution is -2.34. The van der Waals surface area contributed by atoms with Gasteiger partial charge in [-0.1, -0.05) is 41.8 Å². The number of nitrogens with one attached hydrogen (secondary N) is 2. The molecule has 0 spiro atoms. The van der Waals surface area contributed by atoms with Crippen LogP contribution >= 0.6 is 35.4 Å². The Morgan fingerprint density at radius 1 is 1.04 bits per heavy atom. The summed E-state index contributed by atoms with van der Waals surface area (Å²) in [6.45, 7) is 3.31. The summed E-state index contributed by atoms with van der Waals surface area (Å²) in [4.78, 5) is 14.8. The van der Waals surface area contributed by atoms with Crippen molar-refractivity contribution in [2.24, 2.45) is 0 Å². The number of hydrogen-bond acceptors (Lipinski definition) is 3. The highest BCUT2D eigenvalue weighted by molar-refractivity contribution is 7.80. The molecule has 1 aliphatic rings. The average molecular weight is 422 g/mol. The number of rotatable bonds is 4. The molecule has 0 unspecified atom stereocenters. The first kappa shape index (κ1) is 20.1. The fraction of sp³-hybridized carbons (Fsp3) is 0.300. The molecule has 2 aromatic carbocycles. The van der Waals surface area contributed by atoms with Crippen LogP contribution < -0.4 is 10.6 Å². The number of hydrogen-bond donors (Lipinski definition) is 2. The Hall–Kier alpha value is -1.66. The van der Waals surface area contributed by atoms with Crippen LogP contribution in [0.5, 0.6) is 0 Å². The number of nitrogens with zero attached hydrogens (tertiary/aromatic N) is 1. The van der Waals surface area contributed by atoms with Crippen LogP contribution in [0.15, 0.2) is 42.5 Å². The van der Waals surface area contributed by atoms with E-state index in [2.05, 4.69) is 27.7 Å². The van der Waals surface area contributed by atoms with Gasteiger partial charge >= 0.3 is 0 Å². The minimum Gasteiger partial charge on any atom is -0.332 e. The third-order valence-corrected chi connectivity index (χ3v) is 5.22. The number of halogens is 2. The lowest BCUT2D eigenvalue weighted by atomic mass is 10.1. The highest BCUT2D eigenvalue weighted by Crippen LogP contribution is 2.21. The van der Waals surface area contributed by atoms with Crippen LogP contribution in [0.2, 0.25) is 10.0 Å². The Bertz CT molecular complexity index is 820. The number of amides is 1. The second kappa shape index (κ2) is 9.51. The van der Waals surface area contributed by atoms with E-state index in [4.69, 9.17) is 35.4 Å². The molecule has 2 aromatic rings. The standard InChI is InChI=1S/C20H21Cl2N3OS/c21-15-6-9-17(18(22)12-15)19(26)24-20(27)23-16-7-4-14(5-8-16)13-25-10-2-1-3-11-25/h4-9,12H,1-3,10-11,13H2,(H2,23,24,26,27). The lowest BCUT2D eigenvalue weighted by molar-refractivity contribution is 0.0978. The summed E-state index contributed by atoms with van der Waals surface area (Å²) in [5, 5.41) is 6.63. The summed E-state index contributed by atoms with van der Waals surface area (Å²) in [6, 6.07) is 12.8. The number of carbonyl (C=O) groups excluding carboxylic acids is 1. The van der Waals surface area contributed by atoms with E-state index < -0.39 is 0 Å². The zero-order valence-corrected chi connectivity index (χ0v) is 17.1. The van der Waals surface area contributed by atoms with E-state index in [1.165, 1.54) is 44.0 Å². The maximum Gasteiger partial charge on any atom is 0.258 e. The van der Waals surface area contributed by atoms with Gasteiger partial charge in [0, 0.05) is 17.3 Å². The van der Waals surface area contributed by atoms with Crippen molar-refractivity contribution in [2.45, 2.75) is 25.8 Å². The van der Waals surface area contributed by atoms with Gasteiger partial charge in [-0.3, -0.25) is 15.0 Å². The summed E-state index contributed by atoms with van der Waals surface area (Å²) < 4.78 is 0. The molecule has 1 saturated heterocycles. The van der Waals surface area contributed by atoms with Crippen LogP contribution in [0.3, 0.4) is 0 Å². The van der Waals surface area contributed by atoms with Gasteiger partial charge in [0.2, 0.25) is 0 Å². The smallest absolute Gasteiger partial charge is 0.258 e. The minimum atomic E-state index is -0.379. The first-order valence-electron chi connectivity index (χ1n) is 8.90. The van der Waals surface area contributed by atoms with Crippen molar-refractivity contribution in [3.8, 4) is 0 Å². The van der Waals surface area contributed by atoms with Crippen molar-refractivity contribution < 1.29 is 4.79 Å². The number of piperidine rings is 1. The summed E-state index contributed by atoms with van der Waals surface area (Å²) >= 11 is 17.1. The van der Waals surface area contributed by atoms with Crippen molar-refractivity contribution >= 4 is 52.1 Å². The van der Waals surface area contributed by atoms with Gasteiger partial charge < -0.3 is 5.32 Å². The van der Waals surface area contributed by atoms with E-state index in [1.807, 2.05) is 12.1 Å². The quantitative estimate of drug-likeness (QED) is 0.673. The zero-order chi connectivity index (χ0) is 19.2. The number of anilines is 1. The summed E-state index contributed by atoms with van der Waals surface area (Å²) in [5.74, 6) is -0.379. The third kappa shape index (κ3) is 5.91. The lowest BCUT2D eigenvalue weighted by Gasteiger charge is -2.26. The topological polar surface area (TPSA) is 44.4 Å². The van der Waals surface area contributed by atoms with Gasteiger partial charge in [-0.2, -0.15) is 0 Å². The van der Waals surface area contributed by atoms with Crippen LogP contribution in [0, 0.1) is 0 Å². The normalized spacial score (nSPS) is 14.6. The monoisotopic (exact) mass is 421 g/mol. The number of carbonyl (C=O) groups is 1. The maximum atomic E-state index is 12.3. The van der Waals surface area contributed by atoms with E-state index in [0.717, 1.165) is 12.2 Å². The fourth-order valence-corrected chi connectivity index (χ4v) is 3.78. The Balaban J connectivity index is 1.53. The van der Waals surface area contributed by atoms with Gasteiger partial charge in [-0.25, -0.2) is 0 Å². The Morgan fingerprint density at radius 3 is 2.41 bits per heavy atom. The van der Waals surface area contributed by atoms with Crippen LogP contribution in [0.1, 0.15) is 35.2 Å². The third-order valence-electron chi connectivity index (χ3n) is 4.47. The molecule has 1 amide bonds. The molecule has 1 heterocycles. The fourth-order valence-electron chi connectivity index (χ4n) is 3.08. The first-order valence-corrected chi connectivity index (χ1v) is 10.1. The molecule has 7 heteroatoms. The highest BCUT2D eigenvalue weighted by Gasteiger charge is 2.13. The number of benzene rings is 2. The molecule has 0 atom stereocenters. The largest absolute Gasteiger partial charge is 0.332 e. The molecule has 0 aliphatic carbocycles. The zero-order valence-electron chi connectivity index (χ0n) is 14.8. The van der Waals surface area contributed by atoms with Crippen molar-refractivity contribution in [3.05, 3.63) is 63.6 Å². The summed E-state index contributed by atoms with van der Waals surface area (Å²) in [7, 11) is 0. The average Bonchev–Trinajstić information content (AvgIpc) is 2.64. The molecule has 142 valence electrons. The van der Waals surface area contributed by atoms with E-state index >= 15 is 0 Å². The van der Waals surface area contributed by atoms with Gasteiger partial charge in [-0.05, 0) is 74.0 Å². The Morgan fingerprint density at radius 2 is 1.74 bits per heavy atom. The van der Waals surface area contributed by atoms with Crippen LogP contribution in [0.4, 0.5) is 5.69 Å². The molecule has 2 N–H and O–H groups in total. The van der Waals surface area contributed by atoms with E-state index in [-0.39, 0.29) is 16.0 Å². The molecular formula is C20H21Cl2N3OS. The Kier molecular flexibility index (Phi) is 7.07. The molecule has 27 heavy (non-hydrogen) atoms. The van der Waals surface area contributed by atoms with Crippen LogP contribution in [0.25, 0.3) is 0 Å². The first-order chi connectivity index (χ1) is 13.0. The van der Waals surface area contributed by atoms with Crippen molar-refractivity contribution in [1.29, 1.82) is 0 Å². The second-order valence-corrected chi connectivity index (χ2v) is 7.82. The molecule has 4 nitrogen and oxygen atoms in total. The van der Waals surface area contributed by atoms with E-state index in [9.17, 15) is 4.79 Å². The molecule has 0 bridgehead atoms. The SMILES string of the molecule is O=C(NC(=S)Nc1ccc(CN2CCCCC2)cc1)c1ccc(Cl)cc1Cl. The van der Waals surface area contributed by atoms with Crippen molar-refractivity contribution in [3.63, 3.8) is 0 Å². The molecule has 1 fully saturated rings. The van der Waals surface area contributed by atoms with Crippen molar-refractivity contribution in [2.75, 3.05) is 18.4 Å². The van der Waals surface area contributed by atoms with Gasteiger partial charge in [0.15, 0.2) is 5.11 Å². The number of thiocarbonyl (C=S) groups is 1. The van der Waals surface area contributed by atoms with Crippen molar-refractivity contribution in [1.82, 2.24) is 10.2 Å². The Labute approximate surface area is 174 Å². The highest BCUT2D eigenvalue weighted by atomic mass is 35.5. The summed E-state index contributed by atoms with van der Waals surface area (Å²) in [5.41, 5.74) is 2.41. The maximum absolute atomic E-state index is 12.3. The predicted molar refractivity (Wildman–Crippen MR) is 116 cm³/mol. The molecule has 0 radical (unpaired) electrons. The summed E-state index contributed by atoms with van der Waals surface area (Å²) in [6.07, 6.45) is 3.90. The van der Waals surface area contributed by atoms with Crippen LogP contribution in [-0.4, -0.2) is 29.0 Å². The van der Waals surface area contributed by atoms with Gasteiger partial charge in [0.25, 0.3) is 5.91 Å². The van der Waals surface area contributed by atoms with Crippen LogP contribution in [-0.2, 0) is 6.54 Å². The van der Waals surface area contributed by atoms with E-state index in [0.29, 0.717) is 10.6 Å². The molecule has 0 saturated carbocycles. The molecule has 0 aromatic heterocycles. The van der Waals surface area contributed by atoms with Gasteiger partial charge in [-0.15, -0.1) is 0 Å². The second-order valence-electron chi connectivity index (χ2n) is 6.57.